The van der Waals surface area contributed by atoms with Gasteiger partial charge in [0.15, 0.2) is 13.1 Å². The van der Waals surface area contributed by atoms with Gasteiger partial charge in [0.25, 0.3) is 11.8 Å². The highest BCUT2D eigenvalue weighted by atomic mass is 19.1. The number of amides is 2. The quantitative estimate of drug-likeness (QED) is 0.531. The van der Waals surface area contributed by atoms with Crippen LogP contribution < -0.4 is 20.4 Å². The van der Waals surface area contributed by atoms with Crippen LogP contribution in [0.4, 0.5) is 20.2 Å². The van der Waals surface area contributed by atoms with Crippen molar-refractivity contribution in [1.82, 2.24) is 0 Å². The molecule has 8 heteroatoms. The van der Waals surface area contributed by atoms with E-state index in [1.54, 1.807) is 0 Å². The summed E-state index contributed by atoms with van der Waals surface area (Å²) in [5.41, 5.74) is 3.02. The van der Waals surface area contributed by atoms with E-state index in [-0.39, 0.29) is 24.0 Å². The number of quaternary nitrogens is 2. The number of nitrogens with one attached hydrogen (secondary N) is 4. The van der Waals surface area contributed by atoms with Crippen LogP contribution in [0.5, 0.6) is 0 Å². The van der Waals surface area contributed by atoms with Crippen LogP contribution in [0.25, 0.3) is 0 Å². The molecule has 1 saturated heterocycles. The fourth-order valence-electron chi connectivity index (χ4n) is 3.63. The van der Waals surface area contributed by atoms with Crippen LogP contribution in [0.1, 0.15) is 11.1 Å². The van der Waals surface area contributed by atoms with Gasteiger partial charge >= 0.3 is 0 Å². The smallest absolute Gasteiger partial charge is 0.279 e. The van der Waals surface area contributed by atoms with E-state index in [1.807, 2.05) is 32.0 Å². The predicted molar refractivity (Wildman–Crippen MR) is 111 cm³/mol. The van der Waals surface area contributed by atoms with Crippen molar-refractivity contribution in [3.63, 3.8) is 0 Å². The SMILES string of the molecule is Cc1cccc(NC(=O)C[NH+]2CC[NH+](CC(=O)Nc3ccc(F)cc3F)CC2)c1C. The largest absolute Gasteiger partial charge is 0.321 e. The van der Waals surface area contributed by atoms with Crippen molar-refractivity contribution in [2.75, 3.05) is 49.9 Å². The Morgan fingerprint density at radius 3 is 2.00 bits per heavy atom. The molecule has 1 aliphatic rings. The molecule has 2 amide bonds. The second-order valence-electron chi connectivity index (χ2n) is 7.82. The molecule has 3 rings (SSSR count). The summed E-state index contributed by atoms with van der Waals surface area (Å²) in [5, 5.41) is 5.48. The third-order valence-corrected chi connectivity index (χ3v) is 5.57. The van der Waals surface area contributed by atoms with Gasteiger partial charge in [-0.25, -0.2) is 8.78 Å². The molecular weight excluding hydrogens is 390 g/mol. The van der Waals surface area contributed by atoms with Crippen molar-refractivity contribution in [1.29, 1.82) is 0 Å². The van der Waals surface area contributed by atoms with Gasteiger partial charge in [-0.05, 0) is 43.2 Å². The number of carbonyl (C=O) groups excluding carboxylic acids is 2. The highest BCUT2D eigenvalue weighted by molar-refractivity contribution is 5.92. The maximum Gasteiger partial charge on any atom is 0.279 e. The molecule has 0 saturated carbocycles. The molecule has 4 N–H and O–H groups in total. The standard InChI is InChI=1S/C22H26F2N4O2/c1-15-4-3-5-19(16(15)2)25-21(29)13-27-8-10-28(11-9-27)14-22(30)26-20-7-6-17(23)12-18(20)24/h3-7,12H,8-11,13-14H2,1-2H3,(H,25,29)(H,26,30)/p+2. The fraction of sp³-hybridized carbons (Fsp3) is 0.364. The van der Waals surface area contributed by atoms with Crippen molar-refractivity contribution in [3.8, 4) is 0 Å². The summed E-state index contributed by atoms with van der Waals surface area (Å²) in [4.78, 5) is 26.8. The predicted octanol–water partition coefficient (Wildman–Crippen LogP) is -0.0578. The topological polar surface area (TPSA) is 67.1 Å². The lowest BCUT2D eigenvalue weighted by molar-refractivity contribution is -1.00. The first-order valence-corrected chi connectivity index (χ1v) is 10.1. The van der Waals surface area contributed by atoms with Crippen molar-refractivity contribution in [3.05, 3.63) is 59.2 Å². The summed E-state index contributed by atoms with van der Waals surface area (Å²) in [6.07, 6.45) is 0. The van der Waals surface area contributed by atoms with Crippen LogP contribution in [-0.2, 0) is 9.59 Å². The van der Waals surface area contributed by atoms with Gasteiger partial charge in [-0.1, -0.05) is 12.1 Å². The Bertz CT molecular complexity index is 927. The van der Waals surface area contributed by atoms with E-state index in [1.165, 1.54) is 11.0 Å². The maximum atomic E-state index is 13.7. The van der Waals surface area contributed by atoms with Gasteiger partial charge in [0, 0.05) is 11.8 Å². The number of rotatable bonds is 6. The molecule has 160 valence electrons. The summed E-state index contributed by atoms with van der Waals surface area (Å²) in [7, 11) is 0. The molecule has 2 aromatic rings. The Labute approximate surface area is 174 Å². The van der Waals surface area contributed by atoms with Crippen LogP contribution in [-0.4, -0.2) is 51.1 Å². The third kappa shape index (κ3) is 5.84. The molecule has 0 atom stereocenters. The Kier molecular flexibility index (Phi) is 7.12. The number of piperazine rings is 1. The van der Waals surface area contributed by atoms with Gasteiger partial charge in [0.05, 0.1) is 5.69 Å². The summed E-state index contributed by atoms with van der Waals surface area (Å²) in [6, 6.07) is 8.91. The Morgan fingerprint density at radius 2 is 1.43 bits per heavy atom. The molecule has 0 aliphatic carbocycles. The second kappa shape index (κ2) is 9.77. The first-order chi connectivity index (χ1) is 14.3. The van der Waals surface area contributed by atoms with Crippen LogP contribution in [0, 0.1) is 25.5 Å². The minimum atomic E-state index is -0.789. The number of halogens is 2. The fourth-order valence-corrected chi connectivity index (χ4v) is 3.63. The average molecular weight is 418 g/mol. The zero-order chi connectivity index (χ0) is 21.7. The minimum absolute atomic E-state index is 0.0202. The molecule has 30 heavy (non-hydrogen) atoms. The van der Waals surface area contributed by atoms with Gasteiger partial charge in [0.1, 0.15) is 37.8 Å². The average Bonchev–Trinajstić information content (AvgIpc) is 2.69. The lowest BCUT2D eigenvalue weighted by Crippen LogP contribution is -3.28. The molecular formula is C22H28F2N4O2+2. The van der Waals surface area contributed by atoms with E-state index in [4.69, 9.17) is 0 Å². The monoisotopic (exact) mass is 418 g/mol. The van der Waals surface area contributed by atoms with Crippen LogP contribution in [0.2, 0.25) is 0 Å². The second-order valence-corrected chi connectivity index (χ2v) is 7.82. The van der Waals surface area contributed by atoms with E-state index in [0.29, 0.717) is 6.54 Å². The summed E-state index contributed by atoms with van der Waals surface area (Å²) < 4.78 is 26.6. The van der Waals surface area contributed by atoms with E-state index in [9.17, 15) is 18.4 Å². The molecule has 0 bridgehead atoms. The molecule has 1 heterocycles. The zero-order valence-corrected chi connectivity index (χ0v) is 17.3. The summed E-state index contributed by atoms with van der Waals surface area (Å²) in [5.74, 6) is -1.81. The van der Waals surface area contributed by atoms with Gasteiger partial charge in [-0.15, -0.1) is 0 Å². The van der Waals surface area contributed by atoms with Gasteiger partial charge < -0.3 is 20.4 Å². The third-order valence-electron chi connectivity index (χ3n) is 5.57. The molecule has 1 aliphatic heterocycles. The number of hydrogen-bond donors (Lipinski definition) is 4. The van der Waals surface area contributed by atoms with Crippen LogP contribution in [0.15, 0.2) is 36.4 Å². The molecule has 0 spiro atoms. The lowest BCUT2D eigenvalue weighted by atomic mass is 10.1. The number of benzene rings is 2. The summed E-state index contributed by atoms with van der Waals surface area (Å²) >= 11 is 0. The highest BCUT2D eigenvalue weighted by Crippen LogP contribution is 2.17. The lowest BCUT2D eigenvalue weighted by Gasteiger charge is -2.29. The Balaban J connectivity index is 1.42. The molecule has 0 radical (unpaired) electrons. The first-order valence-electron chi connectivity index (χ1n) is 10.1. The maximum absolute atomic E-state index is 13.7. The van der Waals surface area contributed by atoms with E-state index >= 15 is 0 Å². The first kappa shape index (κ1) is 21.9. The highest BCUT2D eigenvalue weighted by Gasteiger charge is 2.26. The molecule has 1 fully saturated rings. The van der Waals surface area contributed by atoms with E-state index < -0.39 is 11.6 Å². The van der Waals surface area contributed by atoms with Crippen molar-refractivity contribution in [2.24, 2.45) is 0 Å². The van der Waals surface area contributed by atoms with Crippen LogP contribution in [0.3, 0.4) is 0 Å². The molecule has 2 aromatic carbocycles. The van der Waals surface area contributed by atoms with Crippen molar-refractivity contribution < 1.29 is 28.2 Å². The molecule has 6 nitrogen and oxygen atoms in total. The summed E-state index contributed by atoms with van der Waals surface area (Å²) in [6.45, 7) is 7.62. The number of anilines is 2. The zero-order valence-electron chi connectivity index (χ0n) is 17.3. The van der Waals surface area contributed by atoms with E-state index in [2.05, 4.69) is 10.6 Å². The molecule has 0 aromatic heterocycles. The number of aryl methyl sites for hydroxylation is 1. The minimum Gasteiger partial charge on any atom is -0.321 e. The van der Waals surface area contributed by atoms with Crippen LogP contribution >= 0.6 is 0 Å². The van der Waals surface area contributed by atoms with Gasteiger partial charge in [-0.2, -0.15) is 0 Å². The number of hydrogen-bond acceptors (Lipinski definition) is 2. The Hall–Kier alpha value is -2.84. The number of carbonyl (C=O) groups is 2. The van der Waals surface area contributed by atoms with Gasteiger partial charge in [-0.3, -0.25) is 9.59 Å². The Morgan fingerprint density at radius 1 is 0.867 bits per heavy atom. The van der Waals surface area contributed by atoms with Crippen molar-refractivity contribution in [2.45, 2.75) is 13.8 Å². The van der Waals surface area contributed by atoms with E-state index in [0.717, 1.165) is 60.0 Å². The molecule has 0 unspecified atom stereocenters. The van der Waals surface area contributed by atoms with Crippen molar-refractivity contribution >= 4 is 23.2 Å². The van der Waals surface area contributed by atoms with Gasteiger partial charge in [0.2, 0.25) is 0 Å². The normalized spacial score (nSPS) is 18.7.